The number of fused-ring (bicyclic) bond motifs is 1. The number of primary amides is 4. The minimum absolute atomic E-state index is 0.0295. The van der Waals surface area contributed by atoms with E-state index in [4.69, 9.17) is 40.3 Å². The Balaban J connectivity index is 1.34. The van der Waals surface area contributed by atoms with E-state index < -0.39 is 72.5 Å². The number of pyridine rings is 1. The number of carbonyl (C=O) groups excluding carboxylic acids is 6. The van der Waals surface area contributed by atoms with Crippen LogP contribution in [-0.4, -0.2) is 207 Å². The molecular weight excluding hydrogens is 1030 g/mol. The number of nitrogens with one attached hydrogen (secondary N) is 4. The predicted octanol–water partition coefficient (Wildman–Crippen LogP) is -0.965. The zero-order valence-corrected chi connectivity index (χ0v) is 44.5. The van der Waals surface area contributed by atoms with Crippen LogP contribution in [0.15, 0.2) is 60.8 Å². The minimum Gasteiger partial charge on any atom is -0.481 e. The first-order chi connectivity index (χ1) is 37.1. The smallest absolute Gasteiger partial charge is 0.326 e. The number of aliphatic carboxylic acids is 3. The normalized spacial score (nSPS) is 15.8. The van der Waals surface area contributed by atoms with Crippen LogP contribution in [0.25, 0.3) is 10.8 Å². The fraction of sp³-hybridized carbons (Fsp3) is 0.510. The Morgan fingerprint density at radius 3 is 1.85 bits per heavy atom. The van der Waals surface area contributed by atoms with Gasteiger partial charge in [0.15, 0.2) is 5.11 Å². The van der Waals surface area contributed by atoms with Gasteiger partial charge in [0, 0.05) is 95.1 Å². The van der Waals surface area contributed by atoms with Gasteiger partial charge in [-0.05, 0) is 86.3 Å². The molecule has 7 amide bonds. The van der Waals surface area contributed by atoms with Gasteiger partial charge in [0.2, 0.25) is 29.5 Å². The quantitative estimate of drug-likeness (QED) is 0.0283. The van der Waals surface area contributed by atoms with Crippen molar-refractivity contribution in [2.75, 3.05) is 90.4 Å². The number of carboxylic acid groups (broad SMARTS) is 3. The molecule has 0 radical (unpaired) electrons. The molecular formula is C51H74N14O12S. The molecule has 78 heavy (non-hydrogen) atoms. The Morgan fingerprint density at radius 2 is 1.24 bits per heavy atom. The summed E-state index contributed by atoms with van der Waals surface area (Å²) in [4.78, 5) is 123. The fourth-order valence-electron chi connectivity index (χ4n) is 8.98. The number of amides is 7. The lowest BCUT2D eigenvalue weighted by molar-refractivity contribution is -0.141. The second-order valence-corrected chi connectivity index (χ2v) is 19.5. The summed E-state index contributed by atoms with van der Waals surface area (Å²) < 4.78 is 0. The highest BCUT2D eigenvalue weighted by Crippen LogP contribution is 2.20. The molecule has 1 fully saturated rings. The van der Waals surface area contributed by atoms with E-state index in [9.17, 15) is 53.4 Å². The molecule has 27 heteroatoms. The van der Waals surface area contributed by atoms with Crippen molar-refractivity contribution in [3.63, 3.8) is 0 Å². The molecule has 2 heterocycles. The van der Waals surface area contributed by atoms with E-state index in [-0.39, 0.29) is 70.5 Å². The number of hydrogen-bond acceptors (Lipinski definition) is 15. The van der Waals surface area contributed by atoms with Crippen LogP contribution in [0.3, 0.4) is 0 Å². The van der Waals surface area contributed by atoms with Crippen molar-refractivity contribution in [3.05, 3.63) is 72.1 Å². The monoisotopic (exact) mass is 1110 g/mol. The van der Waals surface area contributed by atoms with E-state index in [0.29, 0.717) is 94.5 Å². The topological polar surface area (TPSA) is 396 Å². The number of carboxylic acids is 3. The average Bonchev–Trinajstić information content (AvgIpc) is 3.37. The van der Waals surface area contributed by atoms with Crippen molar-refractivity contribution >= 4 is 87.3 Å². The molecule has 1 aliphatic heterocycles. The van der Waals surface area contributed by atoms with Gasteiger partial charge < -0.3 is 64.4 Å². The van der Waals surface area contributed by atoms with Crippen molar-refractivity contribution in [3.8, 4) is 0 Å². The number of hydrogen-bond donors (Lipinski definition) is 11. The highest BCUT2D eigenvalue weighted by Gasteiger charge is 2.28. The third kappa shape index (κ3) is 23.7. The van der Waals surface area contributed by atoms with Crippen LogP contribution >= 0.6 is 12.2 Å². The van der Waals surface area contributed by atoms with E-state index in [2.05, 4.69) is 26.3 Å². The number of anilines is 1. The maximum atomic E-state index is 13.8. The van der Waals surface area contributed by atoms with E-state index in [1.54, 1.807) is 11.1 Å². The molecule has 1 saturated heterocycles. The zero-order valence-electron chi connectivity index (χ0n) is 43.7. The number of aromatic nitrogens is 1. The molecule has 3 aromatic rings. The van der Waals surface area contributed by atoms with Crippen LogP contribution in [0.4, 0.5) is 10.5 Å². The summed E-state index contributed by atoms with van der Waals surface area (Å²) in [7, 11) is 0. The summed E-state index contributed by atoms with van der Waals surface area (Å²) in [5, 5.41) is 41.0. The van der Waals surface area contributed by atoms with Crippen LogP contribution in [-0.2, 0) is 51.3 Å². The molecule has 4 rings (SSSR count). The maximum absolute atomic E-state index is 13.8. The first-order valence-electron chi connectivity index (χ1n) is 25.7. The molecule has 3 atom stereocenters. The first-order valence-corrected chi connectivity index (χ1v) is 26.1. The van der Waals surface area contributed by atoms with Crippen molar-refractivity contribution in [2.45, 2.75) is 82.5 Å². The molecule has 1 aliphatic rings. The predicted molar refractivity (Wildman–Crippen MR) is 292 cm³/mol. The van der Waals surface area contributed by atoms with Gasteiger partial charge in [0.05, 0.1) is 38.4 Å². The molecule has 426 valence electrons. The number of urea groups is 1. The number of carbonyl (C=O) groups is 9. The molecule has 0 spiro atoms. The largest absolute Gasteiger partial charge is 0.481 e. The van der Waals surface area contributed by atoms with Crippen LogP contribution in [0.1, 0.15) is 62.6 Å². The maximum Gasteiger partial charge on any atom is 0.326 e. The highest BCUT2D eigenvalue weighted by atomic mass is 32.1. The zero-order chi connectivity index (χ0) is 57.1. The number of unbranched alkanes of at least 4 members (excludes halogenated alkanes) is 2. The SMILES string of the molecule is NC(=O)CN1CCN(CC(N)=O)CCN(CC(N)=O)C(Cc2ccc(NC(=S)NCCCCC(=O)N(CCCC[C@H](NC(=O)N[C@@H](CCC(=O)O)C(=O)O)C(=O)O)Cc3nccc4ccccc34)cc2)CN(CC(N)=O)CC1. The molecule has 1 unspecified atom stereocenters. The second-order valence-electron chi connectivity index (χ2n) is 19.1. The number of nitrogens with zero attached hydrogens (tertiary/aromatic N) is 6. The number of rotatable bonds is 30. The first kappa shape index (κ1) is 62.9. The lowest BCUT2D eigenvalue weighted by atomic mass is 10.0. The van der Waals surface area contributed by atoms with E-state index >= 15 is 0 Å². The summed E-state index contributed by atoms with van der Waals surface area (Å²) in [6.07, 6.45) is 3.07. The van der Waals surface area contributed by atoms with Gasteiger partial charge in [-0.15, -0.1) is 0 Å². The lowest BCUT2D eigenvalue weighted by Crippen LogP contribution is -2.54. The molecule has 15 N–H and O–H groups in total. The third-order valence-electron chi connectivity index (χ3n) is 12.9. The van der Waals surface area contributed by atoms with Crippen LogP contribution in [0, 0.1) is 0 Å². The Kier molecular flexibility index (Phi) is 26.5. The molecule has 0 saturated carbocycles. The molecule has 0 bridgehead atoms. The van der Waals surface area contributed by atoms with Gasteiger partial charge in [-0.2, -0.15) is 0 Å². The molecule has 26 nitrogen and oxygen atoms in total. The Morgan fingerprint density at radius 1 is 0.667 bits per heavy atom. The summed E-state index contributed by atoms with van der Waals surface area (Å²) in [6, 6.07) is 12.7. The van der Waals surface area contributed by atoms with Gasteiger partial charge >= 0.3 is 23.9 Å². The van der Waals surface area contributed by atoms with Gasteiger partial charge in [-0.1, -0.05) is 36.4 Å². The van der Waals surface area contributed by atoms with E-state index in [1.165, 1.54) is 0 Å². The van der Waals surface area contributed by atoms with Gasteiger partial charge in [-0.3, -0.25) is 53.4 Å². The Labute approximate surface area is 457 Å². The van der Waals surface area contributed by atoms with Crippen molar-refractivity contribution in [1.29, 1.82) is 0 Å². The number of thiocarbonyl (C=S) groups is 1. The summed E-state index contributed by atoms with van der Waals surface area (Å²) in [6.45, 7) is 3.14. The second kappa shape index (κ2) is 32.9. The van der Waals surface area contributed by atoms with E-state index in [0.717, 1.165) is 16.3 Å². The third-order valence-corrected chi connectivity index (χ3v) is 13.2. The molecule has 1 aromatic heterocycles. The average molecular weight is 1110 g/mol. The Bertz CT molecular complexity index is 2540. The standard InChI is InChI=1S/C51H74N14O12S/c52-42(66)30-61-21-22-62(31-43(53)67)25-26-64(33-45(55)69)37(28-63(24-23-61)32-44(54)68)27-34-11-13-36(14-12-34)58-51(78)57-18-5-3-10-46(70)65(29-41-38-8-2-1-7-35(38)17-19-56-41)20-6-4-9-39(48(73)74)59-50(77)60-40(49(75)76)15-16-47(71)72/h1-2,7-8,11-14,17,19,37,39-40H,3-6,9-10,15-16,18,20-33H2,(H2,52,66)(H2,53,67)(H2,54,68)(H2,55,69)(H,71,72)(H,73,74)(H,75,76)(H2,57,58,78)(H2,59,60,77)/t37?,39-,40-/m0/s1. The van der Waals surface area contributed by atoms with Crippen LogP contribution < -0.4 is 44.2 Å². The van der Waals surface area contributed by atoms with Gasteiger partial charge in [-0.25, -0.2) is 14.4 Å². The molecule has 0 aliphatic carbocycles. The van der Waals surface area contributed by atoms with Crippen LogP contribution in [0.2, 0.25) is 0 Å². The van der Waals surface area contributed by atoms with Gasteiger partial charge in [0.1, 0.15) is 12.1 Å². The van der Waals surface area contributed by atoms with Gasteiger partial charge in [0.25, 0.3) is 0 Å². The lowest BCUT2D eigenvalue weighted by Gasteiger charge is -2.38. The van der Waals surface area contributed by atoms with Crippen molar-refractivity contribution in [1.82, 2.24) is 45.4 Å². The van der Waals surface area contributed by atoms with Crippen molar-refractivity contribution < 1.29 is 58.5 Å². The van der Waals surface area contributed by atoms with Crippen LogP contribution in [0.5, 0.6) is 0 Å². The van der Waals surface area contributed by atoms with Crippen molar-refractivity contribution in [2.24, 2.45) is 22.9 Å². The Hall–Kier alpha value is -7.59. The summed E-state index contributed by atoms with van der Waals surface area (Å²) in [5.41, 5.74) is 24.8. The van der Waals surface area contributed by atoms with E-state index in [1.807, 2.05) is 74.2 Å². The number of benzene rings is 2. The minimum atomic E-state index is -1.54. The molecule has 2 aromatic carbocycles. The number of nitrogens with two attached hydrogens (primary N) is 4. The highest BCUT2D eigenvalue weighted by molar-refractivity contribution is 7.80. The fourth-order valence-corrected chi connectivity index (χ4v) is 9.20. The summed E-state index contributed by atoms with van der Waals surface area (Å²) in [5.74, 6) is -6.38. The summed E-state index contributed by atoms with van der Waals surface area (Å²) >= 11 is 5.59.